The average Bonchev–Trinajstić information content (AvgIpc) is 2.65. The maximum Gasteiger partial charge on any atom is 0.336 e. The largest absolute Gasteiger partial charge is 0.493 e. The molecular formula is C20H17NO4. The van der Waals surface area contributed by atoms with Gasteiger partial charge in [-0.05, 0) is 30.2 Å². The van der Waals surface area contributed by atoms with Crippen LogP contribution in [0.4, 0.5) is 0 Å². The van der Waals surface area contributed by atoms with Gasteiger partial charge in [-0.1, -0.05) is 19.1 Å². The lowest BCUT2D eigenvalue weighted by Crippen LogP contribution is -2.05. The van der Waals surface area contributed by atoms with Gasteiger partial charge in [0.25, 0.3) is 0 Å². The summed E-state index contributed by atoms with van der Waals surface area (Å²) in [6.07, 6.45) is 0.864. The normalized spacial score (nSPS) is 10.4. The van der Waals surface area contributed by atoms with Gasteiger partial charge in [-0.25, -0.2) is 4.79 Å². The molecule has 0 aliphatic heterocycles. The summed E-state index contributed by atoms with van der Waals surface area (Å²) in [5, 5.41) is 9.79. The highest BCUT2D eigenvalue weighted by molar-refractivity contribution is 5.80. The minimum absolute atomic E-state index is 0.190. The van der Waals surface area contributed by atoms with Crippen molar-refractivity contribution in [1.29, 1.82) is 5.26 Å². The number of nitriles is 1. The van der Waals surface area contributed by atoms with Crippen LogP contribution < -0.4 is 15.1 Å². The number of aryl methyl sites for hydroxylation is 1. The van der Waals surface area contributed by atoms with E-state index in [-0.39, 0.29) is 6.61 Å². The molecule has 2 aromatic carbocycles. The molecule has 0 amide bonds. The molecule has 25 heavy (non-hydrogen) atoms. The van der Waals surface area contributed by atoms with Crippen LogP contribution in [0.2, 0.25) is 0 Å². The van der Waals surface area contributed by atoms with Crippen molar-refractivity contribution in [1.82, 2.24) is 0 Å². The Balaban J connectivity index is 1.94. The Morgan fingerprint density at radius 2 is 1.96 bits per heavy atom. The lowest BCUT2D eigenvalue weighted by atomic mass is 10.1. The number of nitrogens with zero attached hydrogens (tertiary/aromatic N) is 1. The second kappa shape index (κ2) is 7.10. The number of rotatable bonds is 5. The standard InChI is InChI=1S/C20H17NO4/c1-3-13-4-6-16-15(10-20(22)25-18(16)8-13)12-24-17-7-5-14(11-21)9-19(17)23-2/h4-10H,3,12H2,1-2H3. The van der Waals surface area contributed by atoms with Gasteiger partial charge in [0, 0.05) is 23.1 Å². The fourth-order valence-electron chi connectivity index (χ4n) is 2.63. The van der Waals surface area contributed by atoms with Crippen LogP contribution in [0, 0.1) is 11.3 Å². The van der Waals surface area contributed by atoms with Crippen molar-refractivity contribution in [3.63, 3.8) is 0 Å². The lowest BCUT2D eigenvalue weighted by molar-refractivity contribution is 0.285. The second-order valence-corrected chi connectivity index (χ2v) is 5.54. The average molecular weight is 335 g/mol. The molecule has 126 valence electrons. The molecule has 0 saturated carbocycles. The smallest absolute Gasteiger partial charge is 0.336 e. The number of hydrogen-bond donors (Lipinski definition) is 0. The van der Waals surface area contributed by atoms with Gasteiger partial charge in [0.1, 0.15) is 12.2 Å². The van der Waals surface area contributed by atoms with E-state index in [2.05, 4.69) is 6.07 Å². The highest BCUT2D eigenvalue weighted by Crippen LogP contribution is 2.29. The van der Waals surface area contributed by atoms with Crippen LogP contribution in [0.1, 0.15) is 23.6 Å². The second-order valence-electron chi connectivity index (χ2n) is 5.54. The SMILES string of the molecule is CCc1ccc2c(COc3ccc(C#N)cc3OC)cc(=O)oc2c1. The van der Waals surface area contributed by atoms with Crippen LogP contribution >= 0.6 is 0 Å². The van der Waals surface area contributed by atoms with Crippen LogP contribution in [-0.2, 0) is 13.0 Å². The maximum absolute atomic E-state index is 11.8. The summed E-state index contributed by atoms with van der Waals surface area (Å²) in [7, 11) is 1.52. The fourth-order valence-corrected chi connectivity index (χ4v) is 2.63. The summed E-state index contributed by atoms with van der Waals surface area (Å²) in [5.41, 5.74) is 2.47. The molecule has 0 fully saturated rings. The molecule has 1 aromatic heterocycles. The van der Waals surface area contributed by atoms with Crippen molar-refractivity contribution in [2.75, 3.05) is 7.11 Å². The van der Waals surface area contributed by atoms with Gasteiger partial charge >= 0.3 is 5.63 Å². The van der Waals surface area contributed by atoms with Gasteiger partial charge in [0.15, 0.2) is 11.5 Å². The molecular weight excluding hydrogens is 318 g/mol. The van der Waals surface area contributed by atoms with Crippen molar-refractivity contribution in [2.24, 2.45) is 0 Å². The molecule has 3 rings (SSSR count). The molecule has 0 aliphatic carbocycles. The van der Waals surface area contributed by atoms with Crippen molar-refractivity contribution >= 4 is 11.0 Å². The monoisotopic (exact) mass is 335 g/mol. The van der Waals surface area contributed by atoms with Gasteiger partial charge in [-0.15, -0.1) is 0 Å². The van der Waals surface area contributed by atoms with E-state index in [4.69, 9.17) is 19.2 Å². The summed E-state index contributed by atoms with van der Waals surface area (Å²) >= 11 is 0. The van der Waals surface area contributed by atoms with Crippen LogP contribution in [0.5, 0.6) is 11.5 Å². The minimum Gasteiger partial charge on any atom is -0.493 e. The topological polar surface area (TPSA) is 72.5 Å². The Kier molecular flexibility index (Phi) is 4.71. The molecule has 3 aromatic rings. The third-order valence-corrected chi connectivity index (χ3v) is 3.98. The Bertz CT molecular complexity index is 1010. The van der Waals surface area contributed by atoms with E-state index in [1.807, 2.05) is 25.1 Å². The van der Waals surface area contributed by atoms with Crippen molar-refractivity contribution in [3.8, 4) is 17.6 Å². The zero-order valence-corrected chi connectivity index (χ0v) is 14.0. The predicted octanol–water partition coefficient (Wildman–Crippen LogP) is 3.81. The molecule has 5 heteroatoms. The number of fused-ring (bicyclic) bond motifs is 1. The third-order valence-electron chi connectivity index (χ3n) is 3.98. The highest BCUT2D eigenvalue weighted by atomic mass is 16.5. The first-order valence-electron chi connectivity index (χ1n) is 7.91. The van der Waals surface area contributed by atoms with Crippen molar-refractivity contribution in [2.45, 2.75) is 20.0 Å². The van der Waals surface area contributed by atoms with E-state index < -0.39 is 5.63 Å². The molecule has 0 saturated heterocycles. The maximum atomic E-state index is 11.8. The number of ether oxygens (including phenoxy) is 2. The van der Waals surface area contributed by atoms with Gasteiger partial charge in [0.05, 0.1) is 18.7 Å². The zero-order valence-electron chi connectivity index (χ0n) is 14.0. The van der Waals surface area contributed by atoms with Crippen LogP contribution in [-0.4, -0.2) is 7.11 Å². The van der Waals surface area contributed by atoms with Crippen molar-refractivity contribution < 1.29 is 13.9 Å². The lowest BCUT2D eigenvalue weighted by Gasteiger charge is -2.12. The van der Waals surface area contributed by atoms with E-state index in [1.54, 1.807) is 18.2 Å². The summed E-state index contributed by atoms with van der Waals surface area (Å²) in [5.74, 6) is 0.979. The summed E-state index contributed by atoms with van der Waals surface area (Å²) in [4.78, 5) is 11.8. The van der Waals surface area contributed by atoms with Crippen molar-refractivity contribution in [3.05, 3.63) is 69.6 Å². The van der Waals surface area contributed by atoms with Gasteiger partial charge in [-0.3, -0.25) is 0 Å². The first-order chi connectivity index (χ1) is 12.1. The molecule has 5 nitrogen and oxygen atoms in total. The highest BCUT2D eigenvalue weighted by Gasteiger charge is 2.10. The van der Waals surface area contributed by atoms with E-state index in [0.717, 1.165) is 22.9 Å². The quantitative estimate of drug-likeness (QED) is 0.663. The molecule has 1 heterocycles. The van der Waals surface area contributed by atoms with Crippen LogP contribution in [0.15, 0.2) is 51.7 Å². The third kappa shape index (κ3) is 3.48. The first kappa shape index (κ1) is 16.6. The Morgan fingerprint density at radius 1 is 1.12 bits per heavy atom. The van der Waals surface area contributed by atoms with Gasteiger partial charge in [0.2, 0.25) is 0 Å². The summed E-state index contributed by atoms with van der Waals surface area (Å²) < 4.78 is 16.4. The molecule has 0 aliphatic rings. The predicted molar refractivity (Wildman–Crippen MR) is 93.9 cm³/mol. The van der Waals surface area contributed by atoms with E-state index in [9.17, 15) is 4.79 Å². The Hall–Kier alpha value is -3.26. The first-order valence-corrected chi connectivity index (χ1v) is 7.91. The van der Waals surface area contributed by atoms with E-state index in [0.29, 0.717) is 22.6 Å². The molecule has 0 atom stereocenters. The molecule has 0 unspecified atom stereocenters. The van der Waals surface area contributed by atoms with Gasteiger partial charge in [-0.2, -0.15) is 5.26 Å². The molecule has 0 bridgehead atoms. The Morgan fingerprint density at radius 3 is 2.68 bits per heavy atom. The van der Waals surface area contributed by atoms with Crippen LogP contribution in [0.25, 0.3) is 11.0 Å². The fraction of sp³-hybridized carbons (Fsp3) is 0.200. The van der Waals surface area contributed by atoms with Crippen LogP contribution in [0.3, 0.4) is 0 Å². The molecule has 0 N–H and O–H groups in total. The zero-order chi connectivity index (χ0) is 17.8. The number of benzene rings is 2. The Labute approximate surface area is 145 Å². The summed E-state index contributed by atoms with van der Waals surface area (Å²) in [6, 6.07) is 14.3. The van der Waals surface area contributed by atoms with E-state index >= 15 is 0 Å². The summed E-state index contributed by atoms with van der Waals surface area (Å²) in [6.45, 7) is 2.24. The number of hydrogen-bond acceptors (Lipinski definition) is 5. The van der Waals surface area contributed by atoms with E-state index in [1.165, 1.54) is 13.2 Å². The van der Waals surface area contributed by atoms with Gasteiger partial charge < -0.3 is 13.9 Å². The molecule has 0 radical (unpaired) electrons. The molecule has 0 spiro atoms. The minimum atomic E-state index is -0.411. The number of methoxy groups -OCH3 is 1.